The second-order valence-electron chi connectivity index (χ2n) is 3.83. The third kappa shape index (κ3) is 3.83. The Bertz CT molecular complexity index is 564. The lowest BCUT2D eigenvalue weighted by Gasteiger charge is -2.00. The quantitative estimate of drug-likeness (QED) is 0.815. The van der Waals surface area contributed by atoms with Gasteiger partial charge in [-0.05, 0) is 23.3 Å². The van der Waals surface area contributed by atoms with E-state index in [0.29, 0.717) is 10.8 Å². The van der Waals surface area contributed by atoms with Gasteiger partial charge in [0.05, 0.1) is 16.6 Å². The van der Waals surface area contributed by atoms with Gasteiger partial charge in [0.15, 0.2) is 0 Å². The van der Waals surface area contributed by atoms with Gasteiger partial charge in [0.2, 0.25) is 0 Å². The van der Waals surface area contributed by atoms with Crippen LogP contribution in [0.3, 0.4) is 0 Å². The molecule has 1 unspecified atom stereocenters. The summed E-state index contributed by atoms with van der Waals surface area (Å²) in [6.07, 6.45) is 1.87. The molecule has 0 aliphatic carbocycles. The summed E-state index contributed by atoms with van der Waals surface area (Å²) < 4.78 is 11.9. The van der Waals surface area contributed by atoms with E-state index in [2.05, 4.69) is 0 Å². The topological polar surface area (TPSA) is 17.1 Å². The van der Waals surface area contributed by atoms with Crippen molar-refractivity contribution in [2.45, 2.75) is 5.75 Å². The van der Waals surface area contributed by atoms with E-state index in [1.165, 1.54) is 0 Å². The first-order valence-electron chi connectivity index (χ1n) is 5.59. The summed E-state index contributed by atoms with van der Waals surface area (Å²) in [5.74, 6) is 0.447. The van der Waals surface area contributed by atoms with Crippen molar-refractivity contribution >= 4 is 28.5 Å². The fraction of sp³-hybridized carbons (Fsp3) is 0.0667. The molecular formula is C15H13ClOS. The molecule has 0 amide bonds. The van der Waals surface area contributed by atoms with E-state index in [0.717, 1.165) is 11.1 Å². The molecular weight excluding hydrogens is 264 g/mol. The zero-order chi connectivity index (χ0) is 12.8. The minimum Gasteiger partial charge on any atom is -0.255 e. The minimum atomic E-state index is -1.05. The van der Waals surface area contributed by atoms with Crippen molar-refractivity contribution in [3.8, 4) is 0 Å². The smallest absolute Gasteiger partial charge is 0.0541 e. The van der Waals surface area contributed by atoms with E-state index in [1.807, 2.05) is 60.7 Å². The van der Waals surface area contributed by atoms with Crippen molar-refractivity contribution < 1.29 is 4.21 Å². The molecule has 1 atom stereocenters. The molecule has 2 aromatic rings. The van der Waals surface area contributed by atoms with Crippen LogP contribution in [0.2, 0.25) is 5.02 Å². The normalized spacial score (nSPS) is 12.7. The van der Waals surface area contributed by atoms with Gasteiger partial charge in [-0.3, -0.25) is 4.21 Å². The molecule has 0 N–H and O–H groups in total. The van der Waals surface area contributed by atoms with Crippen LogP contribution in [0.4, 0.5) is 0 Å². The molecule has 0 bridgehead atoms. The second-order valence-corrected chi connectivity index (χ2v) is 5.56. The highest BCUT2D eigenvalue weighted by molar-refractivity contribution is 7.87. The Hall–Kier alpha value is -1.38. The summed E-state index contributed by atoms with van der Waals surface area (Å²) in [6, 6.07) is 17.3. The molecule has 2 aromatic carbocycles. The maximum Gasteiger partial charge on any atom is 0.0541 e. The Morgan fingerprint density at radius 2 is 1.67 bits per heavy atom. The third-order valence-corrected chi connectivity index (χ3v) is 3.87. The summed E-state index contributed by atoms with van der Waals surface area (Å²) in [6.45, 7) is 0. The monoisotopic (exact) mass is 276 g/mol. The molecule has 0 aliphatic rings. The van der Waals surface area contributed by atoms with Gasteiger partial charge in [0, 0.05) is 10.4 Å². The van der Waals surface area contributed by atoms with Crippen LogP contribution < -0.4 is 0 Å². The average molecular weight is 277 g/mol. The maximum atomic E-state index is 11.9. The SMILES string of the molecule is O=S(C=Cc1ccccc1)Cc1ccccc1Cl. The average Bonchev–Trinajstić information content (AvgIpc) is 2.40. The first kappa shape index (κ1) is 13.1. The van der Waals surface area contributed by atoms with Crippen molar-refractivity contribution in [2.75, 3.05) is 0 Å². The van der Waals surface area contributed by atoms with Crippen molar-refractivity contribution in [1.82, 2.24) is 0 Å². The lowest BCUT2D eigenvalue weighted by atomic mass is 10.2. The van der Waals surface area contributed by atoms with E-state index >= 15 is 0 Å². The van der Waals surface area contributed by atoms with Gasteiger partial charge in [0.25, 0.3) is 0 Å². The first-order valence-corrected chi connectivity index (χ1v) is 7.35. The zero-order valence-electron chi connectivity index (χ0n) is 9.75. The van der Waals surface area contributed by atoms with Crippen molar-refractivity contribution in [3.05, 3.63) is 76.2 Å². The fourth-order valence-corrected chi connectivity index (χ4v) is 2.78. The van der Waals surface area contributed by atoms with E-state index in [1.54, 1.807) is 5.41 Å². The van der Waals surface area contributed by atoms with Crippen LogP contribution >= 0.6 is 11.6 Å². The molecule has 3 heteroatoms. The van der Waals surface area contributed by atoms with E-state index < -0.39 is 10.8 Å². The van der Waals surface area contributed by atoms with Gasteiger partial charge < -0.3 is 0 Å². The van der Waals surface area contributed by atoms with E-state index in [-0.39, 0.29) is 0 Å². The van der Waals surface area contributed by atoms with Crippen LogP contribution in [-0.2, 0) is 16.6 Å². The highest BCUT2D eigenvalue weighted by Crippen LogP contribution is 2.17. The number of hydrogen-bond donors (Lipinski definition) is 0. The molecule has 0 aliphatic heterocycles. The second kappa shape index (κ2) is 6.53. The number of benzene rings is 2. The number of halogens is 1. The summed E-state index contributed by atoms with van der Waals surface area (Å²) >= 11 is 6.03. The van der Waals surface area contributed by atoms with Gasteiger partial charge >= 0.3 is 0 Å². The molecule has 0 radical (unpaired) electrons. The number of rotatable bonds is 4. The largest absolute Gasteiger partial charge is 0.255 e. The molecule has 2 rings (SSSR count). The Kier molecular flexibility index (Phi) is 4.73. The minimum absolute atomic E-state index is 0.447. The lowest BCUT2D eigenvalue weighted by Crippen LogP contribution is -1.92. The maximum absolute atomic E-state index is 11.9. The molecule has 0 spiro atoms. The van der Waals surface area contributed by atoms with Gasteiger partial charge in [-0.2, -0.15) is 0 Å². The Labute approximate surface area is 115 Å². The first-order chi connectivity index (χ1) is 8.75. The van der Waals surface area contributed by atoms with Crippen molar-refractivity contribution in [2.24, 2.45) is 0 Å². The summed E-state index contributed by atoms with van der Waals surface area (Å²) in [5, 5.41) is 2.37. The van der Waals surface area contributed by atoms with Gasteiger partial charge in [0.1, 0.15) is 0 Å². The molecule has 0 saturated heterocycles. The summed E-state index contributed by atoms with van der Waals surface area (Å²) in [5.41, 5.74) is 1.96. The summed E-state index contributed by atoms with van der Waals surface area (Å²) in [7, 11) is -1.05. The molecule has 0 aromatic heterocycles. The van der Waals surface area contributed by atoms with Crippen LogP contribution in [0.15, 0.2) is 60.0 Å². The highest BCUT2D eigenvalue weighted by Gasteiger charge is 2.02. The molecule has 0 saturated carbocycles. The van der Waals surface area contributed by atoms with Crippen LogP contribution in [0.25, 0.3) is 6.08 Å². The van der Waals surface area contributed by atoms with E-state index in [4.69, 9.17) is 11.6 Å². The van der Waals surface area contributed by atoms with Crippen molar-refractivity contribution in [3.63, 3.8) is 0 Å². The van der Waals surface area contributed by atoms with Crippen LogP contribution in [0.5, 0.6) is 0 Å². The highest BCUT2D eigenvalue weighted by atomic mass is 35.5. The Morgan fingerprint density at radius 3 is 2.39 bits per heavy atom. The fourth-order valence-electron chi connectivity index (χ4n) is 1.54. The number of hydrogen-bond acceptors (Lipinski definition) is 1. The lowest BCUT2D eigenvalue weighted by molar-refractivity contribution is 0.688. The molecule has 0 heterocycles. The van der Waals surface area contributed by atoms with E-state index in [9.17, 15) is 4.21 Å². The molecule has 18 heavy (non-hydrogen) atoms. The predicted octanol–water partition coefficient (Wildman–Crippen LogP) is 4.26. The van der Waals surface area contributed by atoms with Crippen LogP contribution in [-0.4, -0.2) is 4.21 Å². The molecule has 92 valence electrons. The van der Waals surface area contributed by atoms with Gasteiger partial charge in [-0.25, -0.2) is 0 Å². The van der Waals surface area contributed by atoms with Crippen LogP contribution in [0.1, 0.15) is 11.1 Å². The van der Waals surface area contributed by atoms with Crippen LogP contribution in [0, 0.1) is 0 Å². The molecule has 1 nitrogen and oxygen atoms in total. The standard InChI is InChI=1S/C15H13ClOS/c16-15-9-5-4-8-14(15)12-18(17)11-10-13-6-2-1-3-7-13/h1-11H,12H2. The molecule has 0 fully saturated rings. The Balaban J connectivity index is 2.02. The zero-order valence-corrected chi connectivity index (χ0v) is 11.3. The predicted molar refractivity (Wildman–Crippen MR) is 78.8 cm³/mol. The third-order valence-electron chi connectivity index (χ3n) is 2.47. The summed E-state index contributed by atoms with van der Waals surface area (Å²) in [4.78, 5) is 0. The van der Waals surface area contributed by atoms with Gasteiger partial charge in [-0.15, -0.1) is 0 Å². The Morgan fingerprint density at radius 1 is 1.00 bits per heavy atom. The van der Waals surface area contributed by atoms with Gasteiger partial charge in [-0.1, -0.05) is 60.1 Å². The van der Waals surface area contributed by atoms with Crippen molar-refractivity contribution in [1.29, 1.82) is 0 Å².